The number of urea groups is 1. The van der Waals surface area contributed by atoms with Gasteiger partial charge in [0.25, 0.3) is 0 Å². The molecule has 0 unspecified atom stereocenters. The molecule has 1 atom stereocenters. The third kappa shape index (κ3) is 4.91. The summed E-state index contributed by atoms with van der Waals surface area (Å²) in [6.07, 6.45) is 3.59. The van der Waals surface area contributed by atoms with Gasteiger partial charge in [0, 0.05) is 52.7 Å². The van der Waals surface area contributed by atoms with Crippen LogP contribution in [-0.4, -0.2) is 87.6 Å². The van der Waals surface area contributed by atoms with Gasteiger partial charge in [-0.2, -0.15) is 5.10 Å². The van der Waals surface area contributed by atoms with Crippen molar-refractivity contribution in [1.29, 1.82) is 0 Å². The van der Waals surface area contributed by atoms with Crippen LogP contribution in [0.3, 0.4) is 0 Å². The SMILES string of the molecule is CC(=O)N1CCC[C@@H](CNC(=O)N2CCN(Cc3ncn[nH]3)CC2)C1. The van der Waals surface area contributed by atoms with Crippen LogP contribution in [0.15, 0.2) is 6.33 Å². The fourth-order valence-corrected chi connectivity index (χ4v) is 3.49. The van der Waals surface area contributed by atoms with Crippen molar-refractivity contribution in [2.75, 3.05) is 45.8 Å². The molecule has 1 aromatic rings. The van der Waals surface area contributed by atoms with Gasteiger partial charge >= 0.3 is 6.03 Å². The summed E-state index contributed by atoms with van der Waals surface area (Å²) in [6, 6.07) is -0.000682. The van der Waals surface area contributed by atoms with E-state index in [1.165, 1.54) is 6.33 Å². The number of hydrogen-bond donors (Lipinski definition) is 2. The summed E-state index contributed by atoms with van der Waals surface area (Å²) in [4.78, 5) is 34.0. The van der Waals surface area contributed by atoms with Crippen LogP contribution >= 0.6 is 0 Å². The van der Waals surface area contributed by atoms with Crippen molar-refractivity contribution in [1.82, 2.24) is 35.2 Å². The number of amides is 3. The van der Waals surface area contributed by atoms with E-state index in [0.717, 1.165) is 51.4 Å². The van der Waals surface area contributed by atoms with Crippen LogP contribution in [0.5, 0.6) is 0 Å². The minimum atomic E-state index is -0.000682. The minimum Gasteiger partial charge on any atom is -0.343 e. The number of piperidine rings is 1. The second kappa shape index (κ2) is 8.28. The summed E-state index contributed by atoms with van der Waals surface area (Å²) in [7, 11) is 0. The third-order valence-corrected chi connectivity index (χ3v) is 5.00. The summed E-state index contributed by atoms with van der Waals surface area (Å²) in [5.74, 6) is 1.33. The molecule has 138 valence electrons. The van der Waals surface area contributed by atoms with Crippen molar-refractivity contribution in [3.63, 3.8) is 0 Å². The van der Waals surface area contributed by atoms with Crippen LogP contribution in [0.4, 0.5) is 4.79 Å². The molecule has 0 spiro atoms. The van der Waals surface area contributed by atoms with Gasteiger partial charge in [-0.25, -0.2) is 9.78 Å². The first-order valence-electron chi connectivity index (χ1n) is 8.96. The van der Waals surface area contributed by atoms with Crippen LogP contribution in [0.1, 0.15) is 25.6 Å². The number of piperazine rings is 1. The second-order valence-corrected chi connectivity index (χ2v) is 6.85. The summed E-state index contributed by atoms with van der Waals surface area (Å²) in [6.45, 7) is 7.66. The third-order valence-electron chi connectivity index (χ3n) is 5.00. The molecule has 0 saturated carbocycles. The molecule has 2 fully saturated rings. The van der Waals surface area contributed by atoms with Gasteiger partial charge in [-0.15, -0.1) is 0 Å². The van der Waals surface area contributed by atoms with Crippen LogP contribution in [0.2, 0.25) is 0 Å². The van der Waals surface area contributed by atoms with E-state index >= 15 is 0 Å². The zero-order valence-corrected chi connectivity index (χ0v) is 14.8. The van der Waals surface area contributed by atoms with Crippen molar-refractivity contribution >= 4 is 11.9 Å². The maximum atomic E-state index is 12.4. The Balaban J connectivity index is 1.37. The number of hydrogen-bond acceptors (Lipinski definition) is 5. The van der Waals surface area contributed by atoms with Crippen LogP contribution in [0.25, 0.3) is 0 Å². The standard InChI is InChI=1S/C16H27N7O2/c1-13(24)23-4-2-3-14(10-23)9-17-16(25)22-7-5-21(6-8-22)11-15-18-12-19-20-15/h12,14H,2-11H2,1H3,(H,17,25)(H,18,19,20)/t14-/m0/s1. The molecule has 25 heavy (non-hydrogen) atoms. The molecule has 3 amide bonds. The molecular formula is C16H27N7O2. The van der Waals surface area contributed by atoms with E-state index in [-0.39, 0.29) is 11.9 Å². The van der Waals surface area contributed by atoms with Crippen LogP contribution in [-0.2, 0) is 11.3 Å². The molecule has 2 aliphatic heterocycles. The number of likely N-dealkylation sites (tertiary alicyclic amines) is 1. The van der Waals surface area contributed by atoms with Crippen LogP contribution < -0.4 is 5.32 Å². The fourth-order valence-electron chi connectivity index (χ4n) is 3.49. The maximum absolute atomic E-state index is 12.4. The molecule has 2 N–H and O–H groups in total. The molecule has 1 aromatic heterocycles. The zero-order valence-electron chi connectivity index (χ0n) is 14.8. The number of nitrogens with zero attached hydrogens (tertiary/aromatic N) is 5. The molecule has 3 heterocycles. The first-order valence-corrected chi connectivity index (χ1v) is 8.96. The Hall–Kier alpha value is -2.16. The smallest absolute Gasteiger partial charge is 0.317 e. The Morgan fingerprint density at radius 1 is 1.24 bits per heavy atom. The Morgan fingerprint density at radius 2 is 2.04 bits per heavy atom. The molecule has 2 saturated heterocycles. The predicted molar refractivity (Wildman–Crippen MR) is 91.6 cm³/mol. The summed E-state index contributed by atoms with van der Waals surface area (Å²) in [5.41, 5.74) is 0. The lowest BCUT2D eigenvalue weighted by Gasteiger charge is -2.35. The monoisotopic (exact) mass is 349 g/mol. The normalized spacial score (nSPS) is 22.0. The highest BCUT2D eigenvalue weighted by Gasteiger charge is 2.24. The number of aromatic nitrogens is 3. The average molecular weight is 349 g/mol. The van der Waals surface area contributed by atoms with Gasteiger partial charge in [0.15, 0.2) is 0 Å². The van der Waals surface area contributed by atoms with Gasteiger partial charge in [-0.1, -0.05) is 0 Å². The van der Waals surface area contributed by atoms with Crippen molar-refractivity contribution in [2.24, 2.45) is 5.92 Å². The number of carbonyl (C=O) groups excluding carboxylic acids is 2. The van der Waals surface area contributed by atoms with Gasteiger partial charge in [0.1, 0.15) is 12.2 Å². The fraction of sp³-hybridized carbons (Fsp3) is 0.750. The van der Waals surface area contributed by atoms with Crippen molar-refractivity contribution in [2.45, 2.75) is 26.3 Å². The Kier molecular flexibility index (Phi) is 5.85. The van der Waals surface area contributed by atoms with Crippen molar-refractivity contribution in [3.8, 4) is 0 Å². The van der Waals surface area contributed by atoms with Crippen molar-refractivity contribution in [3.05, 3.63) is 12.2 Å². The van der Waals surface area contributed by atoms with E-state index in [1.807, 2.05) is 9.80 Å². The van der Waals surface area contributed by atoms with Gasteiger partial charge in [0.05, 0.1) is 6.54 Å². The molecule has 3 rings (SSSR count). The van der Waals surface area contributed by atoms with E-state index in [1.54, 1.807) is 6.92 Å². The molecule has 0 radical (unpaired) electrons. The molecule has 0 aliphatic carbocycles. The average Bonchev–Trinajstić information content (AvgIpc) is 3.13. The minimum absolute atomic E-state index is 0.000682. The highest BCUT2D eigenvalue weighted by Crippen LogP contribution is 2.16. The first kappa shape index (κ1) is 17.7. The molecule has 0 bridgehead atoms. The zero-order chi connectivity index (χ0) is 17.6. The summed E-state index contributed by atoms with van der Waals surface area (Å²) < 4.78 is 0. The first-order chi connectivity index (χ1) is 12.1. The lowest BCUT2D eigenvalue weighted by molar-refractivity contribution is -0.130. The lowest BCUT2D eigenvalue weighted by Crippen LogP contribution is -2.52. The number of H-pyrrole nitrogens is 1. The largest absolute Gasteiger partial charge is 0.343 e. The summed E-state index contributed by atoms with van der Waals surface area (Å²) >= 11 is 0. The molecular weight excluding hydrogens is 322 g/mol. The Labute approximate surface area is 147 Å². The van der Waals surface area contributed by atoms with Gasteiger partial charge in [-0.3, -0.25) is 14.8 Å². The lowest BCUT2D eigenvalue weighted by atomic mass is 9.98. The van der Waals surface area contributed by atoms with E-state index in [2.05, 4.69) is 25.4 Å². The van der Waals surface area contributed by atoms with E-state index in [4.69, 9.17) is 0 Å². The highest BCUT2D eigenvalue weighted by atomic mass is 16.2. The quantitative estimate of drug-likeness (QED) is 0.790. The molecule has 9 nitrogen and oxygen atoms in total. The van der Waals surface area contributed by atoms with Crippen LogP contribution in [0, 0.1) is 5.92 Å². The van der Waals surface area contributed by atoms with E-state index in [0.29, 0.717) is 25.6 Å². The number of nitrogens with one attached hydrogen (secondary N) is 2. The second-order valence-electron chi connectivity index (χ2n) is 6.85. The van der Waals surface area contributed by atoms with Crippen molar-refractivity contribution < 1.29 is 9.59 Å². The van der Waals surface area contributed by atoms with E-state index in [9.17, 15) is 9.59 Å². The predicted octanol–water partition coefficient (Wildman–Crippen LogP) is -0.110. The van der Waals surface area contributed by atoms with Gasteiger partial charge in [0.2, 0.25) is 5.91 Å². The highest BCUT2D eigenvalue weighted by molar-refractivity contribution is 5.74. The topological polar surface area (TPSA) is 97.5 Å². The number of rotatable bonds is 4. The van der Waals surface area contributed by atoms with E-state index < -0.39 is 0 Å². The molecule has 9 heteroatoms. The molecule has 0 aromatic carbocycles. The number of aromatic amines is 1. The van der Waals surface area contributed by atoms with Gasteiger partial charge < -0.3 is 15.1 Å². The summed E-state index contributed by atoms with van der Waals surface area (Å²) in [5, 5.41) is 9.76. The van der Waals surface area contributed by atoms with Gasteiger partial charge in [-0.05, 0) is 18.8 Å². The number of carbonyl (C=O) groups is 2. The maximum Gasteiger partial charge on any atom is 0.317 e. The Bertz CT molecular complexity index is 569. The molecule has 2 aliphatic rings. The Morgan fingerprint density at radius 3 is 2.72 bits per heavy atom.